The van der Waals surface area contributed by atoms with Gasteiger partial charge in [0.25, 0.3) is 5.91 Å². The monoisotopic (exact) mass is 424 g/mol. The van der Waals surface area contributed by atoms with Gasteiger partial charge in [0.15, 0.2) is 0 Å². The first-order valence-corrected chi connectivity index (χ1v) is 10.2. The zero-order valence-electron chi connectivity index (χ0n) is 16.2. The van der Waals surface area contributed by atoms with Gasteiger partial charge in [-0.05, 0) is 24.1 Å². The molecule has 2 N–H and O–H groups in total. The van der Waals surface area contributed by atoms with Crippen LogP contribution in [0.25, 0.3) is 0 Å². The second-order valence-corrected chi connectivity index (χ2v) is 7.96. The summed E-state index contributed by atoms with van der Waals surface area (Å²) in [7, 11) is 1.58. The van der Waals surface area contributed by atoms with E-state index in [0.29, 0.717) is 47.0 Å². The molecular formula is C19H25ClN4O3S. The van der Waals surface area contributed by atoms with Crippen molar-refractivity contribution in [1.82, 2.24) is 15.2 Å². The van der Waals surface area contributed by atoms with E-state index >= 15 is 0 Å². The molecule has 3 amide bonds. The van der Waals surface area contributed by atoms with Gasteiger partial charge in [0.05, 0.1) is 13.2 Å². The second-order valence-electron chi connectivity index (χ2n) is 6.59. The number of rotatable bonds is 9. The highest BCUT2D eigenvalue weighted by Gasteiger charge is 2.18. The number of nitrogens with zero attached hydrogens (tertiary/aromatic N) is 2. The number of halogens is 1. The van der Waals surface area contributed by atoms with Gasteiger partial charge in [0.1, 0.15) is 10.7 Å². The number of methoxy groups -OCH3 is 1. The molecule has 0 saturated carbocycles. The maximum Gasteiger partial charge on any atom is 0.322 e. The lowest BCUT2D eigenvalue weighted by Crippen LogP contribution is -2.36. The number of carbonyl (C=O) groups excluding carboxylic acids is 2. The molecule has 1 heterocycles. The number of hydrogen-bond acceptors (Lipinski definition) is 5. The van der Waals surface area contributed by atoms with Crippen LogP contribution in [-0.2, 0) is 11.3 Å². The molecule has 0 aliphatic carbocycles. The Hall–Kier alpha value is -2.16. The van der Waals surface area contributed by atoms with Gasteiger partial charge in [-0.25, -0.2) is 9.78 Å². The van der Waals surface area contributed by atoms with Crippen molar-refractivity contribution in [2.24, 2.45) is 5.92 Å². The van der Waals surface area contributed by atoms with Gasteiger partial charge >= 0.3 is 6.03 Å². The van der Waals surface area contributed by atoms with E-state index in [2.05, 4.69) is 15.6 Å². The van der Waals surface area contributed by atoms with Crippen molar-refractivity contribution >= 4 is 40.6 Å². The molecule has 0 fully saturated rings. The second kappa shape index (κ2) is 11.0. The maximum absolute atomic E-state index is 12.7. The van der Waals surface area contributed by atoms with Gasteiger partial charge in [-0.1, -0.05) is 31.5 Å². The number of amides is 3. The molecule has 0 saturated heterocycles. The van der Waals surface area contributed by atoms with Crippen molar-refractivity contribution in [3.63, 3.8) is 0 Å². The highest BCUT2D eigenvalue weighted by Crippen LogP contribution is 2.17. The van der Waals surface area contributed by atoms with Crippen LogP contribution < -0.4 is 10.6 Å². The lowest BCUT2D eigenvalue weighted by molar-refractivity contribution is 0.0944. The van der Waals surface area contributed by atoms with Crippen LogP contribution >= 0.6 is 22.9 Å². The predicted molar refractivity (Wildman–Crippen MR) is 112 cm³/mol. The summed E-state index contributed by atoms with van der Waals surface area (Å²) in [5.74, 6) is 0.157. The van der Waals surface area contributed by atoms with Crippen molar-refractivity contribution < 1.29 is 14.3 Å². The van der Waals surface area contributed by atoms with Crippen molar-refractivity contribution in [2.75, 3.05) is 32.1 Å². The fraction of sp³-hybridized carbons (Fsp3) is 0.421. The summed E-state index contributed by atoms with van der Waals surface area (Å²) in [5, 5.41) is 8.57. The standard InChI is InChI=1S/C19H25ClN4O3S/c1-13(2)10-21-18(25)16-12-28-17(23-16)11-24(7-8-27-3)19(26)22-15-6-4-5-14(20)9-15/h4-6,9,12-13H,7-8,10-11H2,1-3H3,(H,21,25)(H,22,26). The average Bonchev–Trinajstić information content (AvgIpc) is 3.11. The molecule has 0 unspecified atom stereocenters. The number of thiazole rings is 1. The third kappa shape index (κ3) is 7.10. The molecule has 0 spiro atoms. The van der Waals surface area contributed by atoms with E-state index in [-0.39, 0.29) is 18.5 Å². The van der Waals surface area contributed by atoms with Crippen LogP contribution in [0.4, 0.5) is 10.5 Å². The zero-order chi connectivity index (χ0) is 20.5. The summed E-state index contributed by atoms with van der Waals surface area (Å²) in [4.78, 5) is 30.7. The minimum atomic E-state index is -0.291. The fourth-order valence-electron chi connectivity index (χ4n) is 2.26. The molecule has 7 nitrogen and oxygen atoms in total. The SMILES string of the molecule is COCCN(Cc1nc(C(=O)NCC(C)C)cs1)C(=O)Nc1cccc(Cl)c1. The van der Waals surface area contributed by atoms with Crippen molar-refractivity contribution in [3.05, 3.63) is 45.4 Å². The topological polar surface area (TPSA) is 83.6 Å². The number of aromatic nitrogens is 1. The summed E-state index contributed by atoms with van der Waals surface area (Å²) in [6.07, 6.45) is 0. The first-order valence-electron chi connectivity index (χ1n) is 8.92. The average molecular weight is 425 g/mol. The van der Waals surface area contributed by atoms with Gasteiger partial charge < -0.3 is 20.3 Å². The van der Waals surface area contributed by atoms with Crippen LogP contribution in [0.15, 0.2) is 29.6 Å². The molecule has 1 aromatic heterocycles. The van der Waals surface area contributed by atoms with E-state index < -0.39 is 0 Å². The maximum atomic E-state index is 12.7. The number of urea groups is 1. The smallest absolute Gasteiger partial charge is 0.322 e. The largest absolute Gasteiger partial charge is 0.383 e. The Bertz CT molecular complexity index is 797. The van der Waals surface area contributed by atoms with E-state index in [4.69, 9.17) is 16.3 Å². The summed E-state index contributed by atoms with van der Waals surface area (Å²) >= 11 is 7.31. The van der Waals surface area contributed by atoms with Crippen LogP contribution in [0.5, 0.6) is 0 Å². The molecule has 0 aliphatic heterocycles. The minimum Gasteiger partial charge on any atom is -0.383 e. The van der Waals surface area contributed by atoms with Crippen LogP contribution in [0, 0.1) is 5.92 Å². The predicted octanol–water partition coefficient (Wildman–Crippen LogP) is 3.86. The van der Waals surface area contributed by atoms with Crippen LogP contribution in [0.2, 0.25) is 5.02 Å². The molecule has 1 aromatic carbocycles. The van der Waals surface area contributed by atoms with Gasteiger partial charge in [-0.15, -0.1) is 11.3 Å². The summed E-state index contributed by atoms with van der Waals surface area (Å²) in [6, 6.07) is 6.65. The Labute approximate surface area is 174 Å². The molecule has 152 valence electrons. The van der Waals surface area contributed by atoms with Gasteiger partial charge in [-0.2, -0.15) is 0 Å². The Morgan fingerprint density at radius 3 is 2.82 bits per heavy atom. The number of hydrogen-bond donors (Lipinski definition) is 2. The van der Waals surface area contributed by atoms with E-state index in [0.717, 1.165) is 0 Å². The number of carbonyl (C=O) groups is 2. The minimum absolute atomic E-state index is 0.206. The van der Waals surface area contributed by atoms with E-state index in [9.17, 15) is 9.59 Å². The summed E-state index contributed by atoms with van der Waals surface area (Å²) < 4.78 is 5.10. The zero-order valence-corrected chi connectivity index (χ0v) is 17.8. The normalized spacial score (nSPS) is 10.8. The van der Waals surface area contributed by atoms with Crippen LogP contribution in [0.1, 0.15) is 29.3 Å². The highest BCUT2D eigenvalue weighted by molar-refractivity contribution is 7.09. The summed E-state index contributed by atoms with van der Waals surface area (Å²) in [5.41, 5.74) is 0.968. The number of anilines is 1. The molecule has 2 rings (SSSR count). The van der Waals surface area contributed by atoms with Crippen molar-refractivity contribution in [3.8, 4) is 0 Å². The van der Waals surface area contributed by atoms with E-state index in [1.54, 1.807) is 41.7 Å². The van der Waals surface area contributed by atoms with Gasteiger partial charge in [0, 0.05) is 36.3 Å². The molecule has 2 aromatic rings. The molecule has 0 radical (unpaired) electrons. The van der Waals surface area contributed by atoms with Gasteiger partial charge in [0.2, 0.25) is 0 Å². The van der Waals surface area contributed by atoms with Crippen molar-refractivity contribution in [1.29, 1.82) is 0 Å². The Morgan fingerprint density at radius 1 is 1.36 bits per heavy atom. The van der Waals surface area contributed by atoms with Gasteiger partial charge in [-0.3, -0.25) is 4.79 Å². The lowest BCUT2D eigenvalue weighted by atomic mass is 10.2. The third-order valence-corrected chi connectivity index (χ3v) is 4.78. The van der Waals surface area contributed by atoms with Crippen molar-refractivity contribution in [2.45, 2.75) is 20.4 Å². The molecule has 0 bridgehead atoms. The van der Waals surface area contributed by atoms with Crippen LogP contribution in [0.3, 0.4) is 0 Å². The Balaban J connectivity index is 2.03. The molecule has 0 atom stereocenters. The third-order valence-electron chi connectivity index (χ3n) is 3.71. The molecule has 28 heavy (non-hydrogen) atoms. The molecular weight excluding hydrogens is 400 g/mol. The Kier molecular flexibility index (Phi) is 8.69. The quantitative estimate of drug-likeness (QED) is 0.640. The number of ether oxygens (including phenoxy) is 1. The first-order chi connectivity index (χ1) is 13.4. The van der Waals surface area contributed by atoms with E-state index in [1.807, 2.05) is 13.8 Å². The summed E-state index contributed by atoms with van der Waals surface area (Å²) in [6.45, 7) is 5.69. The fourth-order valence-corrected chi connectivity index (χ4v) is 3.24. The molecule has 0 aliphatic rings. The van der Waals surface area contributed by atoms with E-state index in [1.165, 1.54) is 11.3 Å². The number of nitrogens with one attached hydrogen (secondary N) is 2. The number of benzene rings is 1. The highest BCUT2D eigenvalue weighted by atomic mass is 35.5. The molecule has 9 heteroatoms. The first kappa shape index (κ1) is 22.1. The van der Waals surface area contributed by atoms with Crippen LogP contribution in [-0.4, -0.2) is 48.6 Å². The Morgan fingerprint density at radius 2 is 2.14 bits per heavy atom. The lowest BCUT2D eigenvalue weighted by Gasteiger charge is -2.21.